The molecule has 0 spiro atoms. The number of halogens is 1. The van der Waals surface area contributed by atoms with Crippen LogP contribution in [0.15, 0.2) is 23.3 Å². The second-order valence-corrected chi connectivity index (χ2v) is 3.11. The van der Waals surface area contributed by atoms with E-state index < -0.39 is 0 Å². The molecule has 0 radical (unpaired) electrons. The third kappa shape index (κ3) is 2.70. The molecule has 1 aromatic rings. The summed E-state index contributed by atoms with van der Waals surface area (Å²) in [7, 11) is 0. The predicted molar refractivity (Wildman–Crippen MR) is 58.5 cm³/mol. The predicted octanol–water partition coefficient (Wildman–Crippen LogP) is 2.46. The molecule has 15 heavy (non-hydrogen) atoms. The number of anilines is 1. The monoisotopic (exact) mass is 218 g/mol. The number of nitrogens with one attached hydrogen (secondary N) is 1. The van der Waals surface area contributed by atoms with Crippen molar-refractivity contribution in [3.63, 3.8) is 0 Å². The topological polar surface area (TPSA) is 72.0 Å². The zero-order chi connectivity index (χ0) is 11.3. The molecule has 0 saturated heterocycles. The molecule has 0 heterocycles. The Hall–Kier alpha value is -2.04. The maximum Gasteiger partial charge on any atom is 0.237 e. The van der Waals surface area contributed by atoms with E-state index in [0.717, 1.165) is 5.56 Å². The summed E-state index contributed by atoms with van der Waals surface area (Å²) in [6, 6.07) is 8.65. The molecule has 74 valence electrons. The van der Waals surface area contributed by atoms with Gasteiger partial charge in [-0.2, -0.15) is 15.6 Å². The largest absolute Gasteiger partial charge is 0.275 e. The van der Waals surface area contributed by atoms with E-state index >= 15 is 0 Å². The Morgan fingerprint density at radius 2 is 2.07 bits per heavy atom. The Labute approximate surface area is 92.4 Å². The summed E-state index contributed by atoms with van der Waals surface area (Å²) in [5.41, 5.74) is 3.79. The molecule has 0 atom stereocenters. The lowest BCUT2D eigenvalue weighted by atomic mass is 10.2. The van der Waals surface area contributed by atoms with Gasteiger partial charge in [0.25, 0.3) is 0 Å². The minimum Gasteiger partial charge on any atom is -0.275 e. The van der Waals surface area contributed by atoms with Gasteiger partial charge in [0.1, 0.15) is 12.1 Å². The number of rotatable bonds is 2. The van der Waals surface area contributed by atoms with E-state index in [2.05, 4.69) is 10.5 Å². The van der Waals surface area contributed by atoms with Gasteiger partial charge < -0.3 is 0 Å². The summed E-state index contributed by atoms with van der Waals surface area (Å²) < 4.78 is 0. The average Bonchev–Trinajstić information content (AvgIpc) is 2.25. The van der Waals surface area contributed by atoms with E-state index in [-0.39, 0.29) is 5.71 Å². The van der Waals surface area contributed by atoms with Gasteiger partial charge in [-0.3, -0.25) is 5.43 Å². The first-order valence-electron chi connectivity index (χ1n) is 4.08. The number of hydrogen-bond acceptors (Lipinski definition) is 4. The molecule has 0 fully saturated rings. The number of aryl methyl sites for hydroxylation is 1. The van der Waals surface area contributed by atoms with E-state index in [0.29, 0.717) is 10.7 Å². The lowest BCUT2D eigenvalue weighted by Gasteiger charge is -2.04. The highest BCUT2D eigenvalue weighted by atomic mass is 35.5. The van der Waals surface area contributed by atoms with Crippen LogP contribution in [0.25, 0.3) is 0 Å². The Balaban J connectivity index is 2.93. The van der Waals surface area contributed by atoms with Gasteiger partial charge in [0.15, 0.2) is 0 Å². The standard InChI is InChI=1S/C10H7ClN4/c1-7-3-2-4-9(10(7)11)15-14-8(5-12)6-13/h2-4,15H,1H3. The zero-order valence-electron chi connectivity index (χ0n) is 7.95. The molecule has 1 N–H and O–H groups in total. The summed E-state index contributed by atoms with van der Waals surface area (Å²) in [6.07, 6.45) is 0. The maximum absolute atomic E-state index is 8.45. The smallest absolute Gasteiger partial charge is 0.237 e. The molecular weight excluding hydrogens is 212 g/mol. The Morgan fingerprint density at radius 1 is 1.40 bits per heavy atom. The Bertz CT molecular complexity index is 463. The number of hydrazone groups is 1. The molecule has 0 aliphatic rings. The number of hydrogen-bond donors (Lipinski definition) is 1. The van der Waals surface area contributed by atoms with Gasteiger partial charge in [-0.25, -0.2) is 0 Å². The first kappa shape index (κ1) is 11.0. The minimum absolute atomic E-state index is 0.243. The maximum atomic E-state index is 8.45. The van der Waals surface area contributed by atoms with E-state index in [9.17, 15) is 0 Å². The fourth-order valence-corrected chi connectivity index (χ4v) is 1.09. The molecule has 0 amide bonds. The highest BCUT2D eigenvalue weighted by Gasteiger charge is 2.01. The van der Waals surface area contributed by atoms with Crippen LogP contribution >= 0.6 is 11.6 Å². The number of benzene rings is 1. The quantitative estimate of drug-likeness (QED) is 0.612. The van der Waals surface area contributed by atoms with E-state index in [1.54, 1.807) is 24.3 Å². The van der Waals surface area contributed by atoms with Gasteiger partial charge in [-0.05, 0) is 18.6 Å². The molecule has 0 saturated carbocycles. The summed E-state index contributed by atoms with van der Waals surface area (Å²) >= 11 is 5.97. The first-order chi connectivity index (χ1) is 7.19. The first-order valence-corrected chi connectivity index (χ1v) is 4.46. The Kier molecular flexibility index (Phi) is 3.68. The molecular formula is C10H7ClN4. The average molecular weight is 219 g/mol. The summed E-state index contributed by atoms with van der Waals surface area (Å²) in [6.45, 7) is 1.85. The van der Waals surface area contributed by atoms with Crippen molar-refractivity contribution in [3.8, 4) is 12.1 Å². The van der Waals surface area contributed by atoms with Crippen molar-refractivity contribution in [2.45, 2.75) is 6.92 Å². The molecule has 0 unspecified atom stereocenters. The normalized spacial score (nSPS) is 8.53. The summed E-state index contributed by atoms with van der Waals surface area (Å²) in [5, 5.41) is 21.0. The van der Waals surface area contributed by atoms with Crippen LogP contribution in [0.1, 0.15) is 5.56 Å². The van der Waals surface area contributed by atoms with Gasteiger partial charge >= 0.3 is 0 Å². The summed E-state index contributed by atoms with van der Waals surface area (Å²) in [4.78, 5) is 0. The van der Waals surface area contributed by atoms with E-state index in [1.807, 2.05) is 13.0 Å². The molecule has 1 aromatic carbocycles. The van der Waals surface area contributed by atoms with Gasteiger partial charge in [0.05, 0.1) is 10.7 Å². The molecule has 0 aliphatic heterocycles. The van der Waals surface area contributed by atoms with Crippen molar-refractivity contribution in [3.05, 3.63) is 28.8 Å². The number of nitriles is 2. The van der Waals surface area contributed by atoms with Crippen molar-refractivity contribution >= 4 is 23.0 Å². The molecule has 5 heteroatoms. The van der Waals surface area contributed by atoms with Crippen molar-refractivity contribution in [2.24, 2.45) is 5.10 Å². The zero-order valence-corrected chi connectivity index (χ0v) is 8.71. The lowest BCUT2D eigenvalue weighted by Crippen LogP contribution is -1.97. The van der Waals surface area contributed by atoms with Crippen LogP contribution < -0.4 is 5.43 Å². The third-order valence-corrected chi connectivity index (χ3v) is 2.19. The fraction of sp³-hybridized carbons (Fsp3) is 0.100. The minimum atomic E-state index is -0.243. The second kappa shape index (κ2) is 4.99. The van der Waals surface area contributed by atoms with Gasteiger partial charge in [-0.1, -0.05) is 23.7 Å². The molecule has 0 bridgehead atoms. The van der Waals surface area contributed by atoms with Crippen LogP contribution in [0.2, 0.25) is 5.02 Å². The van der Waals surface area contributed by atoms with E-state index in [1.165, 1.54) is 0 Å². The molecule has 0 aromatic heterocycles. The molecule has 0 aliphatic carbocycles. The highest BCUT2D eigenvalue weighted by Crippen LogP contribution is 2.24. The summed E-state index contributed by atoms with van der Waals surface area (Å²) in [5.74, 6) is 0. The van der Waals surface area contributed by atoms with E-state index in [4.69, 9.17) is 22.1 Å². The van der Waals surface area contributed by atoms with Crippen molar-refractivity contribution in [1.82, 2.24) is 0 Å². The van der Waals surface area contributed by atoms with Crippen molar-refractivity contribution in [2.75, 3.05) is 5.43 Å². The lowest BCUT2D eigenvalue weighted by molar-refractivity contribution is 1.32. The SMILES string of the molecule is Cc1cccc(NN=C(C#N)C#N)c1Cl. The highest BCUT2D eigenvalue weighted by molar-refractivity contribution is 6.34. The van der Waals surface area contributed by atoms with Gasteiger partial charge in [0, 0.05) is 0 Å². The Morgan fingerprint density at radius 3 is 2.67 bits per heavy atom. The van der Waals surface area contributed by atoms with Crippen LogP contribution in [0, 0.1) is 29.6 Å². The second-order valence-electron chi connectivity index (χ2n) is 2.73. The van der Waals surface area contributed by atoms with Crippen LogP contribution in [0.4, 0.5) is 5.69 Å². The van der Waals surface area contributed by atoms with Crippen molar-refractivity contribution < 1.29 is 0 Å². The molecule has 1 rings (SSSR count). The van der Waals surface area contributed by atoms with Crippen LogP contribution in [-0.4, -0.2) is 5.71 Å². The number of nitrogens with zero attached hydrogens (tertiary/aromatic N) is 3. The van der Waals surface area contributed by atoms with Gasteiger partial charge in [-0.15, -0.1) is 0 Å². The van der Waals surface area contributed by atoms with Crippen molar-refractivity contribution in [1.29, 1.82) is 10.5 Å². The van der Waals surface area contributed by atoms with Crippen LogP contribution in [0.3, 0.4) is 0 Å². The van der Waals surface area contributed by atoms with Gasteiger partial charge in [0.2, 0.25) is 5.71 Å². The van der Waals surface area contributed by atoms with Crippen LogP contribution in [0.5, 0.6) is 0 Å². The molecule has 4 nitrogen and oxygen atoms in total. The van der Waals surface area contributed by atoms with Crippen LogP contribution in [-0.2, 0) is 0 Å². The fourth-order valence-electron chi connectivity index (χ4n) is 0.925. The third-order valence-electron chi connectivity index (χ3n) is 1.69.